The number of carbonyl (C=O) groups excluding carboxylic acids is 1. The first-order valence-electron chi connectivity index (χ1n) is 8.19. The van der Waals surface area contributed by atoms with Gasteiger partial charge in [-0.15, -0.1) is 0 Å². The van der Waals surface area contributed by atoms with Gasteiger partial charge in [-0.25, -0.2) is 4.79 Å². The molecule has 1 aromatic carbocycles. The Balaban J connectivity index is 1.56. The molecule has 1 aliphatic carbocycles. The summed E-state index contributed by atoms with van der Waals surface area (Å²) in [5, 5.41) is 6.05. The van der Waals surface area contributed by atoms with Crippen LogP contribution >= 0.6 is 0 Å². The van der Waals surface area contributed by atoms with Gasteiger partial charge in [0.1, 0.15) is 0 Å². The topological polar surface area (TPSA) is 54.0 Å². The lowest BCUT2D eigenvalue weighted by Crippen LogP contribution is -2.48. The number of benzene rings is 1. The Bertz CT molecular complexity index is 638. The minimum Gasteiger partial charge on any atom is -0.337 e. The van der Waals surface area contributed by atoms with Crippen LogP contribution in [0.4, 0.5) is 4.79 Å². The van der Waals surface area contributed by atoms with Crippen LogP contribution in [0.1, 0.15) is 43.4 Å². The fourth-order valence-corrected chi connectivity index (χ4v) is 3.20. The van der Waals surface area contributed by atoms with Gasteiger partial charge >= 0.3 is 6.03 Å². The van der Waals surface area contributed by atoms with Gasteiger partial charge in [0.05, 0.1) is 6.04 Å². The van der Waals surface area contributed by atoms with Gasteiger partial charge in [0.15, 0.2) is 0 Å². The average molecular weight is 309 g/mol. The second-order valence-corrected chi connectivity index (χ2v) is 6.33. The van der Waals surface area contributed by atoms with Gasteiger partial charge in [0.25, 0.3) is 0 Å². The van der Waals surface area contributed by atoms with Gasteiger partial charge in [-0.2, -0.15) is 0 Å². The fraction of sp³-hybridized carbons (Fsp3) is 0.368. The van der Waals surface area contributed by atoms with E-state index in [2.05, 4.69) is 39.9 Å². The molecule has 1 aromatic heterocycles. The highest BCUT2D eigenvalue weighted by atomic mass is 16.2. The number of nitrogens with one attached hydrogen (secondary N) is 2. The van der Waals surface area contributed by atoms with Crippen molar-refractivity contribution in [3.63, 3.8) is 0 Å². The lowest BCUT2D eigenvalue weighted by molar-refractivity contribution is 0.213. The predicted octanol–water partition coefficient (Wildman–Crippen LogP) is 3.56. The molecule has 2 amide bonds. The summed E-state index contributed by atoms with van der Waals surface area (Å²) in [5.74, 6) is 0. The van der Waals surface area contributed by atoms with Crippen LogP contribution in [0.15, 0.2) is 54.9 Å². The Morgan fingerprint density at radius 3 is 2.48 bits per heavy atom. The smallest absolute Gasteiger partial charge is 0.315 e. The molecule has 1 atom stereocenters. The number of pyridine rings is 1. The lowest BCUT2D eigenvalue weighted by atomic mass is 9.64. The van der Waals surface area contributed by atoms with Crippen molar-refractivity contribution in [2.24, 2.45) is 0 Å². The summed E-state index contributed by atoms with van der Waals surface area (Å²) in [4.78, 5) is 16.2. The largest absolute Gasteiger partial charge is 0.337 e. The molecule has 3 rings (SSSR count). The van der Waals surface area contributed by atoms with Crippen LogP contribution in [0.3, 0.4) is 0 Å². The maximum atomic E-state index is 12.2. The highest BCUT2D eigenvalue weighted by molar-refractivity contribution is 5.74. The first-order valence-corrected chi connectivity index (χ1v) is 8.19. The van der Waals surface area contributed by atoms with E-state index in [0.29, 0.717) is 6.54 Å². The molecule has 4 nitrogen and oxygen atoms in total. The van der Waals surface area contributed by atoms with E-state index in [0.717, 1.165) is 18.4 Å². The molecule has 4 heteroatoms. The lowest BCUT2D eigenvalue weighted by Gasteiger charge is -2.42. The van der Waals surface area contributed by atoms with E-state index in [-0.39, 0.29) is 17.5 Å². The third-order valence-electron chi connectivity index (χ3n) is 4.84. The number of rotatable bonds is 5. The van der Waals surface area contributed by atoms with E-state index < -0.39 is 0 Å². The maximum Gasteiger partial charge on any atom is 0.315 e. The van der Waals surface area contributed by atoms with Crippen molar-refractivity contribution in [3.05, 3.63) is 66.0 Å². The summed E-state index contributed by atoms with van der Waals surface area (Å²) >= 11 is 0. The molecule has 2 aromatic rings. The SMILES string of the molecule is CC(NC(=O)NCC1(c2ccccc2)CCC1)c1ccncc1. The molecule has 0 spiro atoms. The molecular weight excluding hydrogens is 286 g/mol. The summed E-state index contributed by atoms with van der Waals surface area (Å²) in [6, 6.07) is 14.2. The Labute approximate surface area is 137 Å². The molecule has 1 unspecified atom stereocenters. The molecular formula is C19H23N3O. The summed E-state index contributed by atoms with van der Waals surface area (Å²) < 4.78 is 0. The Morgan fingerprint density at radius 1 is 1.17 bits per heavy atom. The quantitative estimate of drug-likeness (QED) is 0.887. The van der Waals surface area contributed by atoms with E-state index in [9.17, 15) is 4.79 Å². The van der Waals surface area contributed by atoms with Gasteiger partial charge in [-0.1, -0.05) is 36.8 Å². The summed E-state index contributed by atoms with van der Waals surface area (Å²) in [6.45, 7) is 2.66. The van der Waals surface area contributed by atoms with Crippen LogP contribution < -0.4 is 10.6 Å². The molecule has 1 aliphatic rings. The molecule has 0 radical (unpaired) electrons. The van der Waals surface area contributed by atoms with Gasteiger partial charge in [-0.05, 0) is 43.0 Å². The number of urea groups is 1. The molecule has 23 heavy (non-hydrogen) atoms. The molecule has 1 saturated carbocycles. The van der Waals surface area contributed by atoms with Gasteiger partial charge in [0, 0.05) is 24.4 Å². The number of carbonyl (C=O) groups is 1. The monoisotopic (exact) mass is 309 g/mol. The highest BCUT2D eigenvalue weighted by Gasteiger charge is 2.38. The predicted molar refractivity (Wildman–Crippen MR) is 91.2 cm³/mol. The van der Waals surface area contributed by atoms with E-state index in [1.54, 1.807) is 12.4 Å². The minimum atomic E-state index is -0.114. The van der Waals surface area contributed by atoms with E-state index >= 15 is 0 Å². The van der Waals surface area contributed by atoms with E-state index in [1.165, 1.54) is 12.0 Å². The zero-order chi connectivity index (χ0) is 16.1. The van der Waals surface area contributed by atoms with Crippen molar-refractivity contribution in [2.75, 3.05) is 6.54 Å². The molecule has 1 fully saturated rings. The number of amides is 2. The van der Waals surface area contributed by atoms with Crippen LogP contribution in [-0.2, 0) is 5.41 Å². The first kappa shape index (κ1) is 15.5. The van der Waals surface area contributed by atoms with Gasteiger partial charge in [0.2, 0.25) is 0 Å². The van der Waals surface area contributed by atoms with Crippen LogP contribution in [0, 0.1) is 0 Å². The van der Waals surface area contributed by atoms with Crippen molar-refractivity contribution in [1.82, 2.24) is 15.6 Å². The number of nitrogens with zero attached hydrogens (tertiary/aromatic N) is 1. The Morgan fingerprint density at radius 2 is 1.87 bits per heavy atom. The second kappa shape index (κ2) is 6.82. The molecule has 0 saturated heterocycles. The van der Waals surface area contributed by atoms with Crippen molar-refractivity contribution >= 4 is 6.03 Å². The van der Waals surface area contributed by atoms with Gasteiger partial charge < -0.3 is 10.6 Å². The molecule has 120 valence electrons. The van der Waals surface area contributed by atoms with Crippen molar-refractivity contribution < 1.29 is 4.79 Å². The van der Waals surface area contributed by atoms with E-state index in [4.69, 9.17) is 0 Å². The molecule has 0 aliphatic heterocycles. The summed E-state index contributed by atoms with van der Waals surface area (Å²) in [7, 11) is 0. The standard InChI is InChI=1S/C19H23N3O/c1-15(16-8-12-20-13-9-16)22-18(23)21-14-19(10-5-11-19)17-6-3-2-4-7-17/h2-4,6-9,12-13,15H,5,10-11,14H2,1H3,(H2,21,22,23). The van der Waals surface area contributed by atoms with Crippen LogP contribution in [0.25, 0.3) is 0 Å². The normalized spacial score (nSPS) is 16.9. The second-order valence-electron chi connectivity index (χ2n) is 6.33. The first-order chi connectivity index (χ1) is 11.2. The number of hydrogen-bond donors (Lipinski definition) is 2. The van der Waals surface area contributed by atoms with Crippen LogP contribution in [0.2, 0.25) is 0 Å². The van der Waals surface area contributed by atoms with Crippen LogP contribution in [0.5, 0.6) is 0 Å². The zero-order valence-corrected chi connectivity index (χ0v) is 13.5. The Kier molecular flexibility index (Phi) is 4.60. The third-order valence-corrected chi connectivity index (χ3v) is 4.84. The zero-order valence-electron chi connectivity index (χ0n) is 13.5. The minimum absolute atomic E-state index is 0.0351. The summed E-state index contributed by atoms with van der Waals surface area (Å²) in [6.07, 6.45) is 6.98. The highest BCUT2D eigenvalue weighted by Crippen LogP contribution is 2.43. The molecule has 0 bridgehead atoms. The molecule has 1 heterocycles. The maximum absolute atomic E-state index is 12.2. The van der Waals surface area contributed by atoms with Crippen molar-refractivity contribution in [2.45, 2.75) is 37.6 Å². The third kappa shape index (κ3) is 3.52. The summed E-state index contributed by atoms with van der Waals surface area (Å²) in [5.41, 5.74) is 2.49. The van der Waals surface area contributed by atoms with Crippen LogP contribution in [-0.4, -0.2) is 17.6 Å². The average Bonchev–Trinajstić information content (AvgIpc) is 2.55. The van der Waals surface area contributed by atoms with Crippen molar-refractivity contribution in [1.29, 1.82) is 0 Å². The number of hydrogen-bond acceptors (Lipinski definition) is 2. The van der Waals surface area contributed by atoms with E-state index in [1.807, 2.05) is 25.1 Å². The Hall–Kier alpha value is -2.36. The van der Waals surface area contributed by atoms with Crippen molar-refractivity contribution in [3.8, 4) is 0 Å². The van der Waals surface area contributed by atoms with Gasteiger partial charge in [-0.3, -0.25) is 4.98 Å². The molecule has 2 N–H and O–H groups in total. The fourth-order valence-electron chi connectivity index (χ4n) is 3.20. The number of aromatic nitrogens is 1.